The van der Waals surface area contributed by atoms with Gasteiger partial charge in [-0.05, 0) is 0 Å². The molecule has 0 fully saturated rings. The number of nitrogens with two attached hydrogens (primary N) is 1. The van der Waals surface area contributed by atoms with Crippen LogP contribution in [0.5, 0.6) is 0 Å². The zero-order valence-corrected chi connectivity index (χ0v) is 5.56. The van der Waals surface area contributed by atoms with Crippen LogP contribution in [0.4, 0.5) is 4.79 Å². The second-order valence-corrected chi connectivity index (χ2v) is 1.57. The number of nitrogens with zero attached hydrogens (tertiary/aromatic N) is 2. The lowest BCUT2D eigenvalue weighted by Gasteiger charge is -1.76. The molecular weight excluding hydrogens is 134 g/mol. The van der Waals surface area contributed by atoms with Gasteiger partial charge in [-0.15, -0.1) is 0 Å². The van der Waals surface area contributed by atoms with E-state index in [1.165, 1.54) is 0 Å². The molecule has 5 heteroatoms. The summed E-state index contributed by atoms with van der Waals surface area (Å²) < 4.78 is 1.89. The third kappa shape index (κ3) is 6.48. The van der Waals surface area contributed by atoms with E-state index in [4.69, 9.17) is 9.90 Å². The average molecular weight is 143 g/mol. The summed E-state index contributed by atoms with van der Waals surface area (Å²) in [5, 5.41) is 7.19. The van der Waals surface area contributed by atoms with Crippen LogP contribution in [0.2, 0.25) is 0 Å². The van der Waals surface area contributed by atoms with Crippen molar-refractivity contribution in [1.29, 1.82) is 0 Å². The molecule has 0 saturated heterocycles. The predicted molar refractivity (Wildman–Crippen MR) is 35.4 cm³/mol. The maximum atomic E-state index is 8.78. The molecule has 0 aliphatic carbocycles. The van der Waals surface area contributed by atoms with Gasteiger partial charge in [0.2, 0.25) is 0 Å². The highest BCUT2D eigenvalue weighted by atomic mass is 16.4. The van der Waals surface area contributed by atoms with E-state index >= 15 is 0 Å². The van der Waals surface area contributed by atoms with E-state index < -0.39 is 6.09 Å². The number of carbonyl (C=O) groups is 1. The van der Waals surface area contributed by atoms with Crippen molar-refractivity contribution in [2.45, 2.75) is 0 Å². The Morgan fingerprint density at radius 1 is 1.80 bits per heavy atom. The number of amides is 1. The summed E-state index contributed by atoms with van der Waals surface area (Å²) in [6.45, 7) is 0. The topological polar surface area (TPSA) is 81.1 Å². The smallest absolute Gasteiger partial charge is 0.402 e. The number of imidazole rings is 1. The summed E-state index contributed by atoms with van der Waals surface area (Å²) in [5.74, 6) is 0. The first kappa shape index (κ1) is 8.48. The number of hydrogen-bond acceptors (Lipinski definition) is 2. The van der Waals surface area contributed by atoms with Gasteiger partial charge in [0.05, 0.1) is 6.33 Å². The van der Waals surface area contributed by atoms with Crippen molar-refractivity contribution < 1.29 is 9.90 Å². The van der Waals surface area contributed by atoms with Gasteiger partial charge in [-0.2, -0.15) is 0 Å². The zero-order chi connectivity index (χ0) is 7.98. The normalized spacial score (nSPS) is 7.70. The van der Waals surface area contributed by atoms with Crippen LogP contribution in [0.25, 0.3) is 0 Å². The second kappa shape index (κ2) is 4.37. The van der Waals surface area contributed by atoms with Crippen LogP contribution in [-0.2, 0) is 7.05 Å². The molecule has 10 heavy (non-hydrogen) atoms. The van der Waals surface area contributed by atoms with Crippen LogP contribution in [0.3, 0.4) is 0 Å². The number of aryl methyl sites for hydroxylation is 1. The number of rotatable bonds is 0. The van der Waals surface area contributed by atoms with Gasteiger partial charge in [0.25, 0.3) is 0 Å². The van der Waals surface area contributed by atoms with Crippen LogP contribution in [-0.4, -0.2) is 20.8 Å². The molecule has 1 amide bonds. The average Bonchev–Trinajstić information content (AvgIpc) is 2.15. The van der Waals surface area contributed by atoms with E-state index in [2.05, 4.69) is 10.7 Å². The summed E-state index contributed by atoms with van der Waals surface area (Å²) in [6, 6.07) is 0. The SMILES string of the molecule is Cn1ccnc1.NC(=O)O. The van der Waals surface area contributed by atoms with E-state index in [9.17, 15) is 0 Å². The summed E-state index contributed by atoms with van der Waals surface area (Å²) in [7, 11) is 1.94. The first-order valence-corrected chi connectivity index (χ1v) is 2.53. The third-order valence-electron chi connectivity index (χ3n) is 0.637. The van der Waals surface area contributed by atoms with Gasteiger partial charge in [0, 0.05) is 19.4 Å². The molecule has 0 aliphatic rings. The van der Waals surface area contributed by atoms with E-state index in [0.29, 0.717) is 0 Å². The van der Waals surface area contributed by atoms with Gasteiger partial charge in [0.1, 0.15) is 0 Å². The molecule has 1 aromatic rings. The number of primary amides is 1. The van der Waals surface area contributed by atoms with Crippen LogP contribution in [0, 0.1) is 0 Å². The Morgan fingerprint density at radius 2 is 2.30 bits per heavy atom. The first-order valence-electron chi connectivity index (χ1n) is 2.53. The molecule has 3 N–H and O–H groups in total. The number of hydrogen-bond donors (Lipinski definition) is 2. The molecule has 0 aliphatic heterocycles. The van der Waals surface area contributed by atoms with Crippen molar-refractivity contribution in [2.24, 2.45) is 12.8 Å². The maximum Gasteiger partial charge on any atom is 0.402 e. The summed E-state index contributed by atoms with van der Waals surface area (Å²) >= 11 is 0. The van der Waals surface area contributed by atoms with Crippen LogP contribution < -0.4 is 5.73 Å². The van der Waals surface area contributed by atoms with Crippen molar-refractivity contribution in [1.82, 2.24) is 9.55 Å². The van der Waals surface area contributed by atoms with Crippen LogP contribution >= 0.6 is 0 Å². The molecule has 1 heterocycles. The van der Waals surface area contributed by atoms with E-state index in [1.807, 2.05) is 17.8 Å². The Labute approximate surface area is 58.1 Å². The monoisotopic (exact) mass is 143 g/mol. The number of aromatic nitrogens is 2. The Kier molecular flexibility index (Phi) is 3.70. The lowest BCUT2D eigenvalue weighted by molar-refractivity contribution is 0.205. The minimum Gasteiger partial charge on any atom is -0.465 e. The van der Waals surface area contributed by atoms with E-state index in [-0.39, 0.29) is 0 Å². The quantitative estimate of drug-likeness (QED) is 0.538. The first-order chi connectivity index (χ1) is 4.63. The van der Waals surface area contributed by atoms with Gasteiger partial charge < -0.3 is 15.4 Å². The highest BCUT2D eigenvalue weighted by molar-refractivity contribution is 5.61. The highest BCUT2D eigenvalue weighted by Gasteiger charge is 1.69. The van der Waals surface area contributed by atoms with Crippen molar-refractivity contribution in [3.8, 4) is 0 Å². The predicted octanol–water partition coefficient (Wildman–Crippen LogP) is 0.0432. The molecule has 0 radical (unpaired) electrons. The van der Waals surface area contributed by atoms with Gasteiger partial charge in [0.15, 0.2) is 0 Å². The highest BCUT2D eigenvalue weighted by Crippen LogP contribution is 1.73. The largest absolute Gasteiger partial charge is 0.465 e. The number of carboxylic acid groups (broad SMARTS) is 1. The van der Waals surface area contributed by atoms with Gasteiger partial charge in [-0.3, -0.25) is 0 Å². The van der Waals surface area contributed by atoms with Gasteiger partial charge in [-0.25, -0.2) is 9.78 Å². The molecule has 0 unspecified atom stereocenters. The molecule has 1 aromatic heterocycles. The lowest BCUT2D eigenvalue weighted by atomic mass is 10.9. The van der Waals surface area contributed by atoms with E-state index in [1.54, 1.807) is 12.5 Å². The fourth-order valence-corrected chi connectivity index (χ4v) is 0.326. The summed E-state index contributed by atoms with van der Waals surface area (Å²) in [6.07, 6.45) is 4.06. The van der Waals surface area contributed by atoms with Crippen molar-refractivity contribution in [3.05, 3.63) is 18.7 Å². The molecule has 0 saturated carbocycles. The fraction of sp³-hybridized carbons (Fsp3) is 0.200. The molecule has 0 aromatic carbocycles. The van der Waals surface area contributed by atoms with Crippen molar-refractivity contribution in [3.63, 3.8) is 0 Å². The van der Waals surface area contributed by atoms with Gasteiger partial charge >= 0.3 is 6.09 Å². The molecule has 1 rings (SSSR count). The van der Waals surface area contributed by atoms with Crippen molar-refractivity contribution >= 4 is 6.09 Å². The van der Waals surface area contributed by atoms with Crippen LogP contribution in [0.15, 0.2) is 18.7 Å². The third-order valence-corrected chi connectivity index (χ3v) is 0.637. The Morgan fingerprint density at radius 3 is 2.40 bits per heavy atom. The standard InChI is InChI=1S/C4H6N2.CH3NO2/c1-6-3-2-5-4-6;2-1(3)4/h2-4H,1H3;2H2,(H,3,4). The van der Waals surface area contributed by atoms with Gasteiger partial charge in [-0.1, -0.05) is 0 Å². The molecule has 0 atom stereocenters. The fourth-order valence-electron chi connectivity index (χ4n) is 0.326. The zero-order valence-electron chi connectivity index (χ0n) is 5.56. The summed E-state index contributed by atoms with van der Waals surface area (Å²) in [4.78, 5) is 12.6. The minimum atomic E-state index is -1.33. The Hall–Kier alpha value is -1.52. The Balaban J connectivity index is 0.000000180. The summed E-state index contributed by atoms with van der Waals surface area (Å²) in [5.41, 5.74) is 4.03. The van der Waals surface area contributed by atoms with Crippen LogP contribution in [0.1, 0.15) is 0 Å². The molecule has 0 spiro atoms. The second-order valence-electron chi connectivity index (χ2n) is 1.57. The Bertz CT molecular complexity index is 179. The van der Waals surface area contributed by atoms with E-state index in [0.717, 1.165) is 0 Å². The maximum absolute atomic E-state index is 8.78. The molecule has 0 bridgehead atoms. The minimum absolute atomic E-state index is 1.33. The molecule has 56 valence electrons. The lowest BCUT2D eigenvalue weighted by Crippen LogP contribution is -2.03. The molecule has 5 nitrogen and oxygen atoms in total. The van der Waals surface area contributed by atoms with Crippen molar-refractivity contribution in [2.75, 3.05) is 0 Å². The molecular formula is C5H9N3O2.